The lowest BCUT2D eigenvalue weighted by Gasteiger charge is -2.32. The van der Waals surface area contributed by atoms with Gasteiger partial charge < -0.3 is 16.0 Å². The van der Waals surface area contributed by atoms with Gasteiger partial charge in [0.15, 0.2) is 0 Å². The van der Waals surface area contributed by atoms with Crippen LogP contribution in [0.4, 0.5) is 0 Å². The van der Waals surface area contributed by atoms with E-state index in [1.54, 1.807) is 29.7 Å². The molecule has 0 spiro atoms. The largest absolute Gasteiger partial charge is 0.351 e. The maximum Gasteiger partial charge on any atom is 0.252 e. The van der Waals surface area contributed by atoms with Gasteiger partial charge in [-0.1, -0.05) is 6.07 Å². The van der Waals surface area contributed by atoms with Gasteiger partial charge in [0.1, 0.15) is 0 Å². The van der Waals surface area contributed by atoms with Crippen LogP contribution in [0.3, 0.4) is 0 Å². The van der Waals surface area contributed by atoms with Crippen molar-refractivity contribution < 1.29 is 14.4 Å². The zero-order chi connectivity index (χ0) is 18.4. The zero-order valence-electron chi connectivity index (χ0n) is 14.1. The quantitative estimate of drug-likeness (QED) is 0.713. The third-order valence-electron chi connectivity index (χ3n) is 4.16. The molecule has 0 aromatic carbocycles. The third kappa shape index (κ3) is 4.66. The van der Waals surface area contributed by atoms with E-state index in [9.17, 15) is 14.4 Å². The van der Waals surface area contributed by atoms with Gasteiger partial charge in [0, 0.05) is 36.7 Å². The summed E-state index contributed by atoms with van der Waals surface area (Å²) in [7, 11) is 0. The first kappa shape index (κ1) is 18.1. The normalized spacial score (nSPS) is 19.5. The summed E-state index contributed by atoms with van der Waals surface area (Å²) in [5.41, 5.74) is 0.459. The summed E-state index contributed by atoms with van der Waals surface area (Å²) in [6.07, 6.45) is 4.24. The molecule has 2 atom stereocenters. The minimum atomic E-state index is -0.257. The number of pyridine rings is 1. The summed E-state index contributed by atoms with van der Waals surface area (Å²) in [6.45, 7) is 0.238. The predicted molar refractivity (Wildman–Crippen MR) is 97.6 cm³/mol. The third-order valence-corrected chi connectivity index (χ3v) is 5.11. The molecule has 26 heavy (non-hydrogen) atoms. The fourth-order valence-electron chi connectivity index (χ4n) is 2.86. The Bertz CT molecular complexity index is 764. The summed E-state index contributed by atoms with van der Waals surface area (Å²) in [4.78, 5) is 40.8. The summed E-state index contributed by atoms with van der Waals surface area (Å²) in [6, 6.07) is 6.88. The van der Waals surface area contributed by atoms with Crippen LogP contribution in [0.5, 0.6) is 0 Å². The Labute approximate surface area is 155 Å². The molecule has 0 unspecified atom stereocenters. The van der Waals surface area contributed by atoms with Gasteiger partial charge in [0.05, 0.1) is 17.6 Å². The number of aromatic nitrogens is 1. The molecular formula is C18H20N4O3S. The van der Waals surface area contributed by atoms with Gasteiger partial charge in [-0.25, -0.2) is 0 Å². The highest BCUT2D eigenvalue weighted by Crippen LogP contribution is 2.27. The maximum atomic E-state index is 12.2. The molecule has 3 heterocycles. The van der Waals surface area contributed by atoms with Crippen molar-refractivity contribution in [3.05, 3.63) is 52.5 Å². The van der Waals surface area contributed by atoms with E-state index in [0.717, 1.165) is 4.88 Å². The molecular weight excluding hydrogens is 352 g/mol. The molecule has 2 aromatic rings. The fourth-order valence-corrected chi connectivity index (χ4v) is 3.70. The first-order valence-electron chi connectivity index (χ1n) is 8.44. The second-order valence-electron chi connectivity index (χ2n) is 6.02. The van der Waals surface area contributed by atoms with E-state index in [2.05, 4.69) is 20.9 Å². The lowest BCUT2D eigenvalue weighted by atomic mass is 9.96. The van der Waals surface area contributed by atoms with Crippen molar-refractivity contribution in [1.29, 1.82) is 0 Å². The van der Waals surface area contributed by atoms with E-state index in [1.165, 1.54) is 6.20 Å². The maximum absolute atomic E-state index is 12.2. The number of piperidine rings is 1. The molecule has 1 aliphatic rings. The summed E-state index contributed by atoms with van der Waals surface area (Å²) in [5, 5.41) is 10.6. The van der Waals surface area contributed by atoms with E-state index in [-0.39, 0.29) is 42.8 Å². The molecule has 0 saturated carbocycles. The van der Waals surface area contributed by atoms with Gasteiger partial charge >= 0.3 is 0 Å². The van der Waals surface area contributed by atoms with Gasteiger partial charge in [-0.3, -0.25) is 19.4 Å². The molecule has 2 aromatic heterocycles. The number of hydrogen-bond donors (Lipinski definition) is 3. The molecule has 136 valence electrons. The second-order valence-corrected chi connectivity index (χ2v) is 7.00. The van der Waals surface area contributed by atoms with E-state index in [4.69, 9.17) is 0 Å². The lowest BCUT2D eigenvalue weighted by molar-refractivity contribution is -0.127. The monoisotopic (exact) mass is 372 g/mol. The molecule has 1 saturated heterocycles. The Morgan fingerprint density at radius 3 is 2.92 bits per heavy atom. The van der Waals surface area contributed by atoms with Crippen molar-refractivity contribution >= 4 is 29.1 Å². The van der Waals surface area contributed by atoms with Gasteiger partial charge in [0.2, 0.25) is 11.8 Å². The van der Waals surface area contributed by atoms with E-state index < -0.39 is 0 Å². The Balaban J connectivity index is 1.49. The van der Waals surface area contributed by atoms with Crippen LogP contribution in [-0.2, 0) is 9.59 Å². The van der Waals surface area contributed by atoms with Crippen molar-refractivity contribution in [3.63, 3.8) is 0 Å². The molecule has 3 N–H and O–H groups in total. The minimum Gasteiger partial charge on any atom is -0.351 e. The van der Waals surface area contributed by atoms with Crippen LogP contribution in [-0.4, -0.2) is 35.3 Å². The van der Waals surface area contributed by atoms with Crippen molar-refractivity contribution in [2.24, 2.45) is 0 Å². The number of hydrogen-bond acceptors (Lipinski definition) is 5. The average Bonchev–Trinajstić information content (AvgIpc) is 3.18. The van der Waals surface area contributed by atoms with Crippen LogP contribution in [0.15, 0.2) is 42.0 Å². The number of amides is 3. The average molecular weight is 372 g/mol. The topological polar surface area (TPSA) is 100 Å². The smallest absolute Gasteiger partial charge is 0.252 e. The van der Waals surface area contributed by atoms with E-state index in [1.807, 2.05) is 17.5 Å². The number of nitrogens with one attached hydrogen (secondary N) is 3. The Morgan fingerprint density at radius 1 is 1.31 bits per heavy atom. The first-order chi connectivity index (χ1) is 12.6. The minimum absolute atomic E-state index is 0.00219. The van der Waals surface area contributed by atoms with E-state index >= 15 is 0 Å². The van der Waals surface area contributed by atoms with Crippen LogP contribution < -0.4 is 16.0 Å². The molecule has 0 aliphatic carbocycles. The van der Waals surface area contributed by atoms with Gasteiger partial charge in [-0.15, -0.1) is 11.3 Å². The Hall–Kier alpha value is -2.74. The number of carbonyl (C=O) groups excluding carboxylic acids is 3. The SMILES string of the molecule is O=C(CCNC(=O)c1cccnc1)N[C@@H]1CCC(=O)N[C@H]1c1cccs1. The molecule has 8 heteroatoms. The summed E-state index contributed by atoms with van der Waals surface area (Å²) < 4.78 is 0. The van der Waals surface area contributed by atoms with Gasteiger partial charge in [-0.2, -0.15) is 0 Å². The van der Waals surface area contributed by atoms with Crippen molar-refractivity contribution in [2.45, 2.75) is 31.3 Å². The summed E-state index contributed by atoms with van der Waals surface area (Å²) >= 11 is 1.55. The molecule has 7 nitrogen and oxygen atoms in total. The van der Waals surface area contributed by atoms with Crippen molar-refractivity contribution in [2.75, 3.05) is 6.54 Å². The highest BCUT2D eigenvalue weighted by atomic mass is 32.1. The second kappa shape index (κ2) is 8.57. The fraction of sp³-hybridized carbons (Fsp3) is 0.333. The van der Waals surface area contributed by atoms with E-state index in [0.29, 0.717) is 18.4 Å². The van der Waals surface area contributed by atoms with Gasteiger partial charge in [-0.05, 0) is 30.0 Å². The number of carbonyl (C=O) groups is 3. The molecule has 1 fully saturated rings. The van der Waals surface area contributed by atoms with Crippen molar-refractivity contribution in [3.8, 4) is 0 Å². The summed E-state index contributed by atoms with van der Waals surface area (Å²) in [5.74, 6) is -0.413. The van der Waals surface area contributed by atoms with Crippen LogP contribution in [0, 0.1) is 0 Å². The predicted octanol–water partition coefficient (Wildman–Crippen LogP) is 1.40. The Kier molecular flexibility index (Phi) is 5.96. The first-order valence-corrected chi connectivity index (χ1v) is 9.32. The van der Waals surface area contributed by atoms with Gasteiger partial charge in [0.25, 0.3) is 5.91 Å². The molecule has 1 aliphatic heterocycles. The van der Waals surface area contributed by atoms with Crippen LogP contribution in [0.1, 0.15) is 40.5 Å². The molecule has 3 amide bonds. The molecule has 3 rings (SSSR count). The van der Waals surface area contributed by atoms with Crippen LogP contribution in [0.25, 0.3) is 0 Å². The standard InChI is InChI=1S/C18H20N4O3S/c23-15-6-5-13(17(22-15)14-4-2-10-26-14)21-16(24)7-9-20-18(25)12-3-1-8-19-11-12/h1-4,8,10-11,13,17H,5-7,9H2,(H,20,25)(H,21,24)(H,22,23)/t13-,17-/m1/s1. The van der Waals surface area contributed by atoms with Crippen LogP contribution >= 0.6 is 11.3 Å². The van der Waals surface area contributed by atoms with Crippen molar-refractivity contribution in [1.82, 2.24) is 20.9 Å². The highest BCUT2D eigenvalue weighted by molar-refractivity contribution is 7.10. The van der Waals surface area contributed by atoms with Crippen LogP contribution in [0.2, 0.25) is 0 Å². The highest BCUT2D eigenvalue weighted by Gasteiger charge is 2.31. The number of nitrogens with zero attached hydrogens (tertiary/aromatic N) is 1. The lowest BCUT2D eigenvalue weighted by Crippen LogP contribution is -2.50. The number of thiophene rings is 1. The molecule has 0 radical (unpaired) electrons. The molecule has 0 bridgehead atoms. The Morgan fingerprint density at radius 2 is 2.19 bits per heavy atom. The number of rotatable bonds is 6. The zero-order valence-corrected chi connectivity index (χ0v) is 14.9.